The van der Waals surface area contributed by atoms with Gasteiger partial charge in [0, 0.05) is 5.56 Å². The van der Waals surface area contributed by atoms with Crippen molar-refractivity contribution in [2.45, 2.75) is 13.0 Å². The van der Waals surface area contributed by atoms with Crippen molar-refractivity contribution in [2.24, 2.45) is 0 Å². The molecule has 1 heterocycles. The van der Waals surface area contributed by atoms with Crippen LogP contribution in [0.4, 0.5) is 4.79 Å². The van der Waals surface area contributed by atoms with Crippen LogP contribution in [-0.4, -0.2) is 30.3 Å². The van der Waals surface area contributed by atoms with Gasteiger partial charge in [-0.15, -0.1) is 6.58 Å². The van der Waals surface area contributed by atoms with Gasteiger partial charge in [-0.25, -0.2) is 0 Å². The molecular weight excluding hydrogens is 445 g/mol. The van der Waals surface area contributed by atoms with E-state index in [1.54, 1.807) is 50.6 Å². The summed E-state index contributed by atoms with van der Waals surface area (Å²) in [5.41, 5.74) is 2.31. The highest BCUT2D eigenvalue weighted by molar-refractivity contribution is 8.18. The van der Waals surface area contributed by atoms with Gasteiger partial charge >= 0.3 is 0 Å². The van der Waals surface area contributed by atoms with Crippen LogP contribution in [0.1, 0.15) is 16.7 Å². The number of ether oxygens (including phenoxy) is 2. The molecule has 0 aliphatic carbocycles. The van der Waals surface area contributed by atoms with E-state index in [1.807, 2.05) is 6.07 Å². The van der Waals surface area contributed by atoms with Crippen molar-refractivity contribution < 1.29 is 19.1 Å². The Balaban J connectivity index is 1.90. The molecule has 156 valence electrons. The largest absolute Gasteiger partial charge is 0.493 e. The van der Waals surface area contributed by atoms with Gasteiger partial charge in [-0.2, -0.15) is 0 Å². The van der Waals surface area contributed by atoms with E-state index in [9.17, 15) is 9.59 Å². The highest BCUT2D eigenvalue weighted by Crippen LogP contribution is 2.37. The maximum atomic E-state index is 12.8. The van der Waals surface area contributed by atoms with Gasteiger partial charge in [-0.1, -0.05) is 35.3 Å². The van der Waals surface area contributed by atoms with E-state index >= 15 is 0 Å². The zero-order valence-corrected chi connectivity index (χ0v) is 18.7. The van der Waals surface area contributed by atoms with Crippen molar-refractivity contribution in [1.82, 2.24) is 4.90 Å². The molecule has 2 amide bonds. The number of rotatable bonds is 7. The molecule has 1 aliphatic rings. The van der Waals surface area contributed by atoms with Gasteiger partial charge in [0.05, 0.1) is 35.7 Å². The Bertz CT molecular complexity index is 1050. The monoisotopic (exact) mass is 463 g/mol. The van der Waals surface area contributed by atoms with Gasteiger partial charge in [0.2, 0.25) is 0 Å². The summed E-state index contributed by atoms with van der Waals surface area (Å²) in [6.07, 6.45) is 4.00. The van der Waals surface area contributed by atoms with Crippen LogP contribution in [0, 0.1) is 0 Å². The number of imide groups is 1. The van der Waals surface area contributed by atoms with Gasteiger partial charge in [-0.3, -0.25) is 14.5 Å². The molecule has 2 aromatic rings. The van der Waals surface area contributed by atoms with E-state index in [1.165, 1.54) is 4.90 Å². The van der Waals surface area contributed by atoms with Crippen molar-refractivity contribution >= 4 is 52.2 Å². The number of carbonyl (C=O) groups is 2. The van der Waals surface area contributed by atoms with Crippen molar-refractivity contribution in [3.63, 3.8) is 0 Å². The lowest BCUT2D eigenvalue weighted by Gasteiger charge is -2.14. The first kappa shape index (κ1) is 22.3. The molecule has 0 N–H and O–H groups in total. The van der Waals surface area contributed by atoms with Crippen molar-refractivity contribution in [2.75, 3.05) is 14.2 Å². The molecule has 5 nitrogen and oxygen atoms in total. The Morgan fingerprint density at radius 3 is 2.50 bits per heavy atom. The number of amides is 2. The SMILES string of the molecule is C=CCc1cc(/C=C2\SC(=O)N(Cc3ccc(Cl)c(Cl)c3)C2=O)cc(OC)c1OC. The highest BCUT2D eigenvalue weighted by atomic mass is 35.5. The summed E-state index contributed by atoms with van der Waals surface area (Å²) in [5.74, 6) is 0.788. The zero-order valence-electron chi connectivity index (χ0n) is 16.4. The van der Waals surface area contributed by atoms with Crippen LogP contribution in [0.15, 0.2) is 47.9 Å². The highest BCUT2D eigenvalue weighted by Gasteiger charge is 2.35. The van der Waals surface area contributed by atoms with Gasteiger partial charge in [0.1, 0.15) is 0 Å². The average Bonchev–Trinajstić information content (AvgIpc) is 2.98. The topological polar surface area (TPSA) is 55.8 Å². The van der Waals surface area contributed by atoms with E-state index in [0.29, 0.717) is 38.4 Å². The second-order valence-corrected chi connectivity index (χ2v) is 8.23. The number of nitrogens with zero attached hydrogens (tertiary/aromatic N) is 1. The third kappa shape index (κ3) is 4.67. The standard InChI is InChI=1S/C22H19Cl2NO4S/c1-4-5-15-8-14(10-18(28-2)20(15)29-3)11-19-21(26)25(22(27)30-19)12-13-6-7-16(23)17(24)9-13/h4,6-11H,1,5,12H2,2-3H3/b19-11-. The fraction of sp³-hybridized carbons (Fsp3) is 0.182. The lowest BCUT2D eigenvalue weighted by atomic mass is 10.0. The molecule has 1 aliphatic heterocycles. The molecule has 3 rings (SSSR count). The summed E-state index contributed by atoms with van der Waals surface area (Å²) in [4.78, 5) is 26.8. The Morgan fingerprint density at radius 2 is 1.87 bits per heavy atom. The number of allylic oxidation sites excluding steroid dienone is 1. The molecule has 2 aromatic carbocycles. The second kappa shape index (κ2) is 9.60. The van der Waals surface area contributed by atoms with E-state index in [2.05, 4.69) is 6.58 Å². The molecule has 30 heavy (non-hydrogen) atoms. The molecule has 0 aromatic heterocycles. The van der Waals surface area contributed by atoms with Crippen molar-refractivity contribution in [3.8, 4) is 11.5 Å². The molecule has 0 spiro atoms. The van der Waals surface area contributed by atoms with Gasteiger partial charge in [0.15, 0.2) is 11.5 Å². The minimum Gasteiger partial charge on any atom is -0.493 e. The maximum Gasteiger partial charge on any atom is 0.293 e. The predicted molar refractivity (Wildman–Crippen MR) is 121 cm³/mol. The predicted octanol–water partition coefficient (Wildman–Crippen LogP) is 5.98. The molecule has 0 radical (unpaired) electrons. The van der Waals surface area contributed by atoms with Gasteiger partial charge in [-0.05, 0) is 59.7 Å². The molecule has 0 saturated carbocycles. The number of benzene rings is 2. The van der Waals surface area contributed by atoms with Crippen LogP contribution in [0.3, 0.4) is 0 Å². The lowest BCUT2D eigenvalue weighted by Crippen LogP contribution is -2.27. The molecule has 0 atom stereocenters. The third-order valence-corrected chi connectivity index (χ3v) is 6.08. The minimum absolute atomic E-state index is 0.118. The van der Waals surface area contributed by atoms with Gasteiger partial charge in [0.25, 0.3) is 11.1 Å². The summed E-state index contributed by atoms with van der Waals surface area (Å²) in [6, 6.07) is 8.66. The van der Waals surface area contributed by atoms with Gasteiger partial charge < -0.3 is 9.47 Å². The van der Waals surface area contributed by atoms with Crippen LogP contribution in [0.5, 0.6) is 11.5 Å². The zero-order chi connectivity index (χ0) is 21.8. The Kier molecular flexibility index (Phi) is 7.13. The maximum absolute atomic E-state index is 12.8. The summed E-state index contributed by atoms with van der Waals surface area (Å²) < 4.78 is 10.9. The molecule has 0 bridgehead atoms. The Labute approximate surface area is 189 Å². The normalized spacial score (nSPS) is 15.1. The number of methoxy groups -OCH3 is 2. The molecule has 0 unspecified atom stereocenters. The molecule has 8 heteroatoms. The summed E-state index contributed by atoms with van der Waals surface area (Å²) >= 11 is 12.9. The first-order valence-electron chi connectivity index (χ1n) is 8.93. The number of hydrogen-bond acceptors (Lipinski definition) is 5. The minimum atomic E-state index is -0.365. The first-order valence-corrected chi connectivity index (χ1v) is 10.5. The first-order chi connectivity index (χ1) is 14.4. The second-order valence-electron chi connectivity index (χ2n) is 6.42. The van der Waals surface area contributed by atoms with Crippen LogP contribution >= 0.6 is 35.0 Å². The van der Waals surface area contributed by atoms with E-state index in [4.69, 9.17) is 32.7 Å². The fourth-order valence-electron chi connectivity index (χ4n) is 3.07. The molecule has 1 fully saturated rings. The van der Waals surface area contributed by atoms with Crippen LogP contribution < -0.4 is 9.47 Å². The lowest BCUT2D eigenvalue weighted by molar-refractivity contribution is -0.123. The number of halogens is 2. The third-order valence-electron chi connectivity index (χ3n) is 4.44. The number of hydrogen-bond donors (Lipinski definition) is 0. The number of thioether (sulfide) groups is 1. The van der Waals surface area contributed by atoms with Crippen LogP contribution in [-0.2, 0) is 17.8 Å². The quantitative estimate of drug-likeness (QED) is 0.373. The fourth-order valence-corrected chi connectivity index (χ4v) is 4.22. The van der Waals surface area contributed by atoms with E-state index < -0.39 is 0 Å². The molecule has 1 saturated heterocycles. The smallest absolute Gasteiger partial charge is 0.293 e. The van der Waals surface area contributed by atoms with Crippen LogP contribution in [0.25, 0.3) is 6.08 Å². The average molecular weight is 464 g/mol. The summed E-state index contributed by atoms with van der Waals surface area (Å²) in [6.45, 7) is 3.88. The summed E-state index contributed by atoms with van der Waals surface area (Å²) in [7, 11) is 3.11. The van der Waals surface area contributed by atoms with E-state index in [-0.39, 0.29) is 17.7 Å². The number of carbonyl (C=O) groups excluding carboxylic acids is 2. The molecular formula is C22H19Cl2NO4S. The Morgan fingerprint density at radius 1 is 1.10 bits per heavy atom. The van der Waals surface area contributed by atoms with Crippen LogP contribution in [0.2, 0.25) is 10.0 Å². The van der Waals surface area contributed by atoms with E-state index in [0.717, 1.165) is 22.9 Å². The van der Waals surface area contributed by atoms with Crippen molar-refractivity contribution in [3.05, 3.63) is 74.6 Å². The van der Waals surface area contributed by atoms with Crippen molar-refractivity contribution in [1.29, 1.82) is 0 Å². The summed E-state index contributed by atoms with van der Waals surface area (Å²) in [5, 5.41) is 0.444. The Hall–Kier alpha value is -2.41.